The Morgan fingerprint density at radius 1 is 1.00 bits per heavy atom. The van der Waals surface area contributed by atoms with Crippen molar-refractivity contribution in [2.45, 2.75) is 27.7 Å². The Balaban J connectivity index is 0.000000561. The van der Waals surface area contributed by atoms with E-state index in [9.17, 15) is 0 Å². The number of nitrogens with zero attached hydrogens (tertiary/aromatic N) is 1. The molecule has 0 heterocycles. The number of hydrogen-bond acceptors (Lipinski definition) is 1. The zero-order chi connectivity index (χ0) is 9.40. The summed E-state index contributed by atoms with van der Waals surface area (Å²) in [6, 6.07) is 9.95. The van der Waals surface area contributed by atoms with Gasteiger partial charge in [0.25, 0.3) is 0 Å². The second-order valence-corrected chi connectivity index (χ2v) is 2.39. The summed E-state index contributed by atoms with van der Waals surface area (Å²) >= 11 is 0. The van der Waals surface area contributed by atoms with Gasteiger partial charge in [-0.2, -0.15) is 0 Å². The van der Waals surface area contributed by atoms with Gasteiger partial charge in [0.1, 0.15) is 0 Å². The fourth-order valence-corrected chi connectivity index (χ4v) is 0.761. The highest BCUT2D eigenvalue weighted by Gasteiger charge is 1.83. The molecule has 1 rings (SSSR count). The zero-order valence-electron chi connectivity index (χ0n) is 8.33. The third-order valence-corrected chi connectivity index (χ3v) is 1.11. The summed E-state index contributed by atoms with van der Waals surface area (Å²) in [6.45, 7) is 7.99. The Kier molecular flexibility index (Phi) is 5.98. The molecule has 0 atom stereocenters. The van der Waals surface area contributed by atoms with Crippen molar-refractivity contribution < 1.29 is 0 Å². The van der Waals surface area contributed by atoms with E-state index < -0.39 is 0 Å². The van der Waals surface area contributed by atoms with Crippen molar-refractivity contribution in [2.24, 2.45) is 4.99 Å². The highest BCUT2D eigenvalue weighted by atomic mass is 14.7. The Morgan fingerprint density at radius 3 is 1.92 bits per heavy atom. The van der Waals surface area contributed by atoms with Gasteiger partial charge >= 0.3 is 0 Å². The molecule has 0 spiro atoms. The Morgan fingerprint density at radius 2 is 1.50 bits per heavy atom. The number of aliphatic imine (C=N–C) groups is 1. The normalized spacial score (nSPS) is 8.00. The van der Waals surface area contributed by atoms with E-state index in [0.29, 0.717) is 0 Å². The summed E-state index contributed by atoms with van der Waals surface area (Å²) in [5.74, 6) is 0. The standard InChI is InChI=1S/C9H11N.C2H6/c1-8(2)10-9-6-4-3-5-7-9;1-2/h3-7H,1-2H3;1-2H3. The molecule has 0 radical (unpaired) electrons. The van der Waals surface area contributed by atoms with Crippen LogP contribution < -0.4 is 0 Å². The lowest BCUT2D eigenvalue weighted by Gasteiger charge is -1.91. The Hall–Kier alpha value is -1.11. The van der Waals surface area contributed by atoms with E-state index in [1.807, 2.05) is 58.0 Å². The quantitative estimate of drug-likeness (QED) is 0.558. The van der Waals surface area contributed by atoms with Gasteiger partial charge in [-0.1, -0.05) is 32.0 Å². The maximum absolute atomic E-state index is 4.28. The molecule has 0 amide bonds. The summed E-state index contributed by atoms with van der Waals surface area (Å²) in [7, 11) is 0. The largest absolute Gasteiger partial charge is 0.258 e. The predicted molar refractivity (Wildman–Crippen MR) is 56.2 cm³/mol. The number of benzene rings is 1. The number of para-hydroxylation sites is 1. The van der Waals surface area contributed by atoms with Gasteiger partial charge in [-0.05, 0) is 26.0 Å². The molecule has 0 aliphatic rings. The highest BCUT2D eigenvalue weighted by molar-refractivity contribution is 5.81. The molecule has 66 valence electrons. The Labute approximate surface area is 75.2 Å². The van der Waals surface area contributed by atoms with Crippen LogP contribution in [0.1, 0.15) is 27.7 Å². The van der Waals surface area contributed by atoms with Crippen molar-refractivity contribution >= 4 is 11.4 Å². The highest BCUT2D eigenvalue weighted by Crippen LogP contribution is 2.09. The molecule has 0 bridgehead atoms. The fourth-order valence-electron chi connectivity index (χ4n) is 0.761. The van der Waals surface area contributed by atoms with Gasteiger partial charge in [0.15, 0.2) is 0 Å². The summed E-state index contributed by atoms with van der Waals surface area (Å²) in [6.07, 6.45) is 0. The molecule has 0 N–H and O–H groups in total. The van der Waals surface area contributed by atoms with Gasteiger partial charge in [-0.25, -0.2) is 0 Å². The summed E-state index contributed by atoms with van der Waals surface area (Å²) < 4.78 is 0. The first-order valence-electron chi connectivity index (χ1n) is 4.36. The third kappa shape index (κ3) is 4.67. The van der Waals surface area contributed by atoms with Crippen LogP contribution in [0, 0.1) is 0 Å². The van der Waals surface area contributed by atoms with Gasteiger partial charge < -0.3 is 0 Å². The first kappa shape index (κ1) is 10.9. The van der Waals surface area contributed by atoms with Crippen LogP contribution in [0.2, 0.25) is 0 Å². The van der Waals surface area contributed by atoms with Gasteiger partial charge in [0.2, 0.25) is 0 Å². The molecule has 0 fully saturated rings. The van der Waals surface area contributed by atoms with Crippen LogP contribution >= 0.6 is 0 Å². The lowest BCUT2D eigenvalue weighted by atomic mass is 10.3. The smallest absolute Gasteiger partial charge is 0.0628 e. The molecule has 1 heteroatoms. The molecule has 0 aromatic heterocycles. The van der Waals surface area contributed by atoms with E-state index in [2.05, 4.69) is 4.99 Å². The molecule has 0 aliphatic heterocycles. The van der Waals surface area contributed by atoms with Crippen LogP contribution in [-0.2, 0) is 0 Å². The minimum Gasteiger partial charge on any atom is -0.258 e. The summed E-state index contributed by atoms with van der Waals surface area (Å²) in [4.78, 5) is 4.28. The molecule has 0 aliphatic carbocycles. The van der Waals surface area contributed by atoms with Gasteiger partial charge in [0.05, 0.1) is 5.69 Å². The van der Waals surface area contributed by atoms with Crippen LogP contribution in [0.25, 0.3) is 0 Å². The SMILES string of the molecule is CC.CC(C)=Nc1ccccc1. The fraction of sp³-hybridized carbons (Fsp3) is 0.364. The summed E-state index contributed by atoms with van der Waals surface area (Å²) in [5, 5.41) is 0. The van der Waals surface area contributed by atoms with Crippen molar-refractivity contribution in [3.63, 3.8) is 0 Å². The lowest BCUT2D eigenvalue weighted by Crippen LogP contribution is -1.76. The number of rotatable bonds is 1. The van der Waals surface area contributed by atoms with Gasteiger partial charge in [-0.3, -0.25) is 4.99 Å². The van der Waals surface area contributed by atoms with Crippen molar-refractivity contribution in [3.05, 3.63) is 30.3 Å². The predicted octanol–water partition coefficient (Wildman–Crippen LogP) is 3.83. The van der Waals surface area contributed by atoms with E-state index in [-0.39, 0.29) is 0 Å². The molecular weight excluding hydrogens is 146 g/mol. The van der Waals surface area contributed by atoms with Crippen LogP contribution in [0.15, 0.2) is 35.3 Å². The third-order valence-electron chi connectivity index (χ3n) is 1.11. The van der Waals surface area contributed by atoms with E-state index in [4.69, 9.17) is 0 Å². The minimum absolute atomic E-state index is 1.03. The first-order valence-corrected chi connectivity index (χ1v) is 4.36. The summed E-state index contributed by atoms with van der Waals surface area (Å²) in [5.41, 5.74) is 2.12. The van der Waals surface area contributed by atoms with Crippen molar-refractivity contribution in [3.8, 4) is 0 Å². The van der Waals surface area contributed by atoms with Crippen LogP contribution in [-0.4, -0.2) is 5.71 Å². The van der Waals surface area contributed by atoms with Crippen molar-refractivity contribution in [1.29, 1.82) is 0 Å². The average molecular weight is 163 g/mol. The molecule has 1 nitrogen and oxygen atoms in total. The molecule has 12 heavy (non-hydrogen) atoms. The average Bonchev–Trinajstić information content (AvgIpc) is 2.08. The molecule has 0 saturated carbocycles. The van der Waals surface area contributed by atoms with E-state index in [0.717, 1.165) is 11.4 Å². The molecule has 0 saturated heterocycles. The van der Waals surface area contributed by atoms with E-state index in [1.165, 1.54) is 0 Å². The van der Waals surface area contributed by atoms with Crippen LogP contribution in [0.4, 0.5) is 5.69 Å². The first-order chi connectivity index (χ1) is 5.79. The minimum atomic E-state index is 1.03. The zero-order valence-corrected chi connectivity index (χ0v) is 8.33. The maximum atomic E-state index is 4.28. The van der Waals surface area contributed by atoms with Crippen LogP contribution in [0.5, 0.6) is 0 Å². The topological polar surface area (TPSA) is 12.4 Å². The maximum Gasteiger partial charge on any atom is 0.0628 e. The molecule has 1 aromatic rings. The van der Waals surface area contributed by atoms with E-state index in [1.54, 1.807) is 0 Å². The Bertz CT molecular complexity index is 220. The second kappa shape index (κ2) is 6.59. The molecule has 0 unspecified atom stereocenters. The monoisotopic (exact) mass is 163 g/mol. The van der Waals surface area contributed by atoms with Gasteiger partial charge in [0, 0.05) is 5.71 Å². The van der Waals surface area contributed by atoms with Crippen molar-refractivity contribution in [2.75, 3.05) is 0 Å². The van der Waals surface area contributed by atoms with E-state index >= 15 is 0 Å². The number of hydrogen-bond donors (Lipinski definition) is 0. The molecular formula is C11H17N. The van der Waals surface area contributed by atoms with Crippen LogP contribution in [0.3, 0.4) is 0 Å². The lowest BCUT2D eigenvalue weighted by molar-refractivity contribution is 1.48. The van der Waals surface area contributed by atoms with Crippen molar-refractivity contribution in [1.82, 2.24) is 0 Å². The van der Waals surface area contributed by atoms with Gasteiger partial charge in [-0.15, -0.1) is 0 Å². The second-order valence-electron chi connectivity index (χ2n) is 2.39. The molecule has 1 aromatic carbocycles.